The van der Waals surface area contributed by atoms with Crippen LogP contribution in [0.15, 0.2) is 53.7 Å². The van der Waals surface area contributed by atoms with E-state index in [1.165, 1.54) is 16.8 Å². The van der Waals surface area contributed by atoms with E-state index in [9.17, 15) is 18.1 Å². The Labute approximate surface area is 146 Å². The number of aromatic hydroxyl groups is 1. The zero-order chi connectivity index (χ0) is 18.8. The average molecular weight is 360 g/mol. The number of phenolic OH excluding ortho intramolecular Hbond substituents is 1. The monoisotopic (exact) mass is 360 g/mol. The standard InChI is InChI=1S/C11H12N2O.C7H8O3S/c1-7-3-10-8(2)5-13(12)6-9(10)4-11(7)14;1-6-4-2-3-5-7(6)11(8,9)10/h3-6H,12H2,1-2H3;2-5H,1H3,(H,8,9,10). The molecule has 1 heterocycles. The van der Waals surface area contributed by atoms with Crippen molar-refractivity contribution < 1.29 is 22.8 Å². The molecule has 132 valence electrons. The van der Waals surface area contributed by atoms with Crippen molar-refractivity contribution in [2.24, 2.45) is 0 Å². The second-order valence-corrected chi connectivity index (χ2v) is 7.18. The first-order chi connectivity index (χ1) is 11.6. The van der Waals surface area contributed by atoms with E-state index in [4.69, 9.17) is 5.84 Å². The minimum absolute atomic E-state index is 0.139. The Morgan fingerprint density at radius 2 is 1.64 bits per heavy atom. The predicted octanol–water partition coefficient (Wildman–Crippen LogP) is 2.06. The first-order valence-corrected chi connectivity index (χ1v) is 8.92. The minimum Gasteiger partial charge on any atom is -0.744 e. The minimum atomic E-state index is -4.28. The summed E-state index contributed by atoms with van der Waals surface area (Å²) >= 11 is 0. The van der Waals surface area contributed by atoms with Crippen LogP contribution in [0.5, 0.6) is 5.75 Å². The third-order valence-corrected chi connectivity index (χ3v) is 4.78. The summed E-state index contributed by atoms with van der Waals surface area (Å²) in [7, 11) is -4.28. The summed E-state index contributed by atoms with van der Waals surface area (Å²) in [5.41, 5.74) is 2.48. The maximum Gasteiger partial charge on any atom is 0.207 e. The Morgan fingerprint density at radius 3 is 2.20 bits per heavy atom. The Bertz CT molecular complexity index is 1030. The molecular weight excluding hydrogens is 340 g/mol. The summed E-state index contributed by atoms with van der Waals surface area (Å²) in [5, 5.41) is 11.6. The molecule has 1 aromatic heterocycles. The van der Waals surface area contributed by atoms with Crippen LogP contribution in [-0.2, 0) is 10.1 Å². The van der Waals surface area contributed by atoms with Crippen LogP contribution >= 0.6 is 0 Å². The van der Waals surface area contributed by atoms with Gasteiger partial charge in [-0.15, -0.1) is 0 Å². The van der Waals surface area contributed by atoms with Crippen LogP contribution in [0.4, 0.5) is 0 Å². The Kier molecular flexibility index (Phi) is 5.30. The molecule has 0 fully saturated rings. The van der Waals surface area contributed by atoms with Crippen LogP contribution in [0.3, 0.4) is 0 Å². The Balaban J connectivity index is 0.000000186. The largest absolute Gasteiger partial charge is 0.744 e. The van der Waals surface area contributed by atoms with Gasteiger partial charge in [-0.2, -0.15) is 0 Å². The van der Waals surface area contributed by atoms with E-state index in [1.807, 2.05) is 26.1 Å². The van der Waals surface area contributed by atoms with Gasteiger partial charge in [0.2, 0.25) is 12.4 Å². The quantitative estimate of drug-likeness (QED) is 0.392. The molecule has 0 saturated carbocycles. The molecule has 3 rings (SSSR count). The molecular formula is C18H20N2O4S. The van der Waals surface area contributed by atoms with Crippen molar-refractivity contribution in [1.82, 2.24) is 0 Å². The lowest BCUT2D eigenvalue weighted by molar-refractivity contribution is -0.637. The second kappa shape index (κ2) is 7.08. The van der Waals surface area contributed by atoms with Gasteiger partial charge in [-0.25, -0.2) is 14.3 Å². The molecule has 0 spiro atoms. The highest BCUT2D eigenvalue weighted by molar-refractivity contribution is 7.85. The van der Waals surface area contributed by atoms with E-state index < -0.39 is 10.1 Å². The Hall–Kier alpha value is -2.64. The molecule has 0 amide bonds. The highest BCUT2D eigenvalue weighted by atomic mass is 32.2. The fraction of sp³-hybridized carbons (Fsp3) is 0.167. The summed E-state index contributed by atoms with van der Waals surface area (Å²) in [6, 6.07) is 9.81. The number of fused-ring (bicyclic) bond motifs is 1. The molecule has 0 atom stereocenters. The summed E-state index contributed by atoms with van der Waals surface area (Å²) in [6.07, 6.45) is 3.65. The zero-order valence-electron chi connectivity index (χ0n) is 14.2. The first-order valence-electron chi connectivity index (χ1n) is 7.51. The lowest BCUT2D eigenvalue weighted by atomic mass is 10.1. The number of aryl methyl sites for hydroxylation is 3. The van der Waals surface area contributed by atoms with Crippen LogP contribution in [0.2, 0.25) is 0 Å². The van der Waals surface area contributed by atoms with E-state index in [0.29, 0.717) is 11.3 Å². The van der Waals surface area contributed by atoms with Crippen LogP contribution in [0.1, 0.15) is 16.7 Å². The number of pyridine rings is 1. The number of phenols is 1. The molecule has 0 saturated heterocycles. The summed E-state index contributed by atoms with van der Waals surface area (Å²) in [4.78, 5) is -0.139. The van der Waals surface area contributed by atoms with Crippen molar-refractivity contribution in [3.05, 3.63) is 65.5 Å². The van der Waals surface area contributed by atoms with Gasteiger partial charge in [0.15, 0.2) is 0 Å². The summed E-state index contributed by atoms with van der Waals surface area (Å²) < 4.78 is 33.0. The Morgan fingerprint density at radius 1 is 1.00 bits per heavy atom. The molecule has 0 radical (unpaired) electrons. The SMILES string of the molecule is Cc1cc2c(C)c[n+](N)cc2cc1O.Cc1ccccc1S(=O)(=O)[O-]. The van der Waals surface area contributed by atoms with Crippen molar-refractivity contribution in [1.29, 1.82) is 0 Å². The molecule has 2 aromatic carbocycles. The van der Waals surface area contributed by atoms with Gasteiger partial charge in [0.05, 0.1) is 10.3 Å². The normalized spacial score (nSPS) is 11.0. The van der Waals surface area contributed by atoms with Gasteiger partial charge in [-0.1, -0.05) is 22.9 Å². The lowest BCUT2D eigenvalue weighted by Crippen LogP contribution is -2.43. The summed E-state index contributed by atoms with van der Waals surface area (Å²) in [6.45, 7) is 5.48. The van der Waals surface area contributed by atoms with E-state index in [1.54, 1.807) is 31.3 Å². The van der Waals surface area contributed by atoms with E-state index >= 15 is 0 Å². The maximum absolute atomic E-state index is 10.5. The van der Waals surface area contributed by atoms with Crippen LogP contribution < -0.4 is 10.5 Å². The zero-order valence-corrected chi connectivity index (χ0v) is 15.0. The molecule has 7 heteroatoms. The number of aromatic nitrogens is 1. The lowest BCUT2D eigenvalue weighted by Gasteiger charge is -2.08. The van der Waals surface area contributed by atoms with E-state index in [-0.39, 0.29) is 4.90 Å². The van der Waals surface area contributed by atoms with Crippen molar-refractivity contribution in [2.45, 2.75) is 25.7 Å². The average Bonchev–Trinajstić information content (AvgIpc) is 2.49. The van der Waals surface area contributed by atoms with Crippen molar-refractivity contribution in [3.63, 3.8) is 0 Å². The molecule has 0 aliphatic rings. The van der Waals surface area contributed by atoms with Crippen LogP contribution in [0, 0.1) is 20.8 Å². The number of hydrogen-bond acceptors (Lipinski definition) is 5. The van der Waals surface area contributed by atoms with E-state index in [0.717, 1.165) is 21.9 Å². The van der Waals surface area contributed by atoms with Gasteiger partial charge >= 0.3 is 0 Å². The molecule has 0 bridgehead atoms. The van der Waals surface area contributed by atoms with E-state index in [2.05, 4.69) is 0 Å². The molecule has 3 N–H and O–H groups in total. The predicted molar refractivity (Wildman–Crippen MR) is 94.6 cm³/mol. The molecule has 6 nitrogen and oxygen atoms in total. The van der Waals surface area contributed by atoms with Crippen molar-refractivity contribution in [3.8, 4) is 5.75 Å². The number of benzene rings is 2. The third kappa shape index (κ3) is 4.46. The molecule has 0 unspecified atom stereocenters. The highest BCUT2D eigenvalue weighted by Crippen LogP contribution is 2.24. The molecule has 3 aromatic rings. The highest BCUT2D eigenvalue weighted by Gasteiger charge is 2.07. The van der Waals surface area contributed by atoms with Gasteiger partial charge in [0, 0.05) is 5.56 Å². The number of nitrogen functional groups attached to an aromatic ring is 1. The topological polar surface area (TPSA) is 107 Å². The molecule has 25 heavy (non-hydrogen) atoms. The third-order valence-electron chi connectivity index (χ3n) is 3.79. The van der Waals surface area contributed by atoms with Gasteiger partial charge in [0.1, 0.15) is 15.9 Å². The first kappa shape index (κ1) is 18.7. The van der Waals surface area contributed by atoms with Gasteiger partial charge in [-0.05, 0) is 55.5 Å². The number of hydrogen-bond donors (Lipinski definition) is 2. The maximum atomic E-state index is 10.5. The molecule has 0 aliphatic heterocycles. The second-order valence-electron chi connectivity index (χ2n) is 5.83. The molecule has 0 aliphatic carbocycles. The number of nitrogens with zero attached hydrogens (tertiary/aromatic N) is 1. The van der Waals surface area contributed by atoms with Gasteiger partial charge in [-0.3, -0.25) is 0 Å². The van der Waals surface area contributed by atoms with Gasteiger partial charge < -0.3 is 9.66 Å². The number of rotatable bonds is 1. The smallest absolute Gasteiger partial charge is 0.207 e. The fourth-order valence-corrected chi connectivity index (χ4v) is 3.20. The van der Waals surface area contributed by atoms with Crippen molar-refractivity contribution in [2.75, 3.05) is 5.84 Å². The van der Waals surface area contributed by atoms with Gasteiger partial charge in [0.25, 0.3) is 0 Å². The fourth-order valence-electron chi connectivity index (χ4n) is 2.49. The van der Waals surface area contributed by atoms with Crippen LogP contribution in [0.25, 0.3) is 10.8 Å². The number of nitrogens with two attached hydrogens (primary N) is 1. The van der Waals surface area contributed by atoms with Crippen molar-refractivity contribution >= 4 is 20.9 Å². The summed E-state index contributed by atoms with van der Waals surface area (Å²) in [5.74, 6) is 5.96. The van der Waals surface area contributed by atoms with Crippen LogP contribution in [-0.4, -0.2) is 18.1 Å².